The van der Waals surface area contributed by atoms with Gasteiger partial charge < -0.3 is 18.6 Å². The predicted octanol–water partition coefficient (Wildman–Crippen LogP) is 6.26. The first-order valence-corrected chi connectivity index (χ1v) is 11.8. The maximum absolute atomic E-state index is 11.0. The van der Waals surface area contributed by atoms with Crippen molar-refractivity contribution in [1.82, 2.24) is 15.1 Å². The van der Waals surface area contributed by atoms with E-state index in [2.05, 4.69) is 63.4 Å². The van der Waals surface area contributed by atoms with E-state index in [0.29, 0.717) is 29.6 Å². The maximum Gasteiger partial charge on any atom is 0.439 e. The number of benzene rings is 1. The SMILES string of the molecule is CC.CC/C=C\C=C(C)C.COC.COCc1ocnc1COc1ccc(-c2noc(=O)[nH]2)c(C)c1. The molecule has 1 aromatic carbocycles. The van der Waals surface area contributed by atoms with Gasteiger partial charge in [-0.3, -0.25) is 9.51 Å². The van der Waals surface area contributed by atoms with Crippen LogP contribution >= 0.6 is 0 Å². The van der Waals surface area contributed by atoms with Gasteiger partial charge in [0.25, 0.3) is 0 Å². The lowest BCUT2D eigenvalue weighted by atomic mass is 10.1. The number of hydrogen-bond acceptors (Lipinski definition) is 8. The van der Waals surface area contributed by atoms with Crippen molar-refractivity contribution in [2.45, 2.75) is 61.2 Å². The lowest BCUT2D eigenvalue weighted by Gasteiger charge is -2.08. The van der Waals surface area contributed by atoms with E-state index in [0.717, 1.165) is 17.5 Å². The van der Waals surface area contributed by atoms with Crippen LogP contribution in [0.25, 0.3) is 11.4 Å². The highest BCUT2D eigenvalue weighted by atomic mass is 16.5. The minimum atomic E-state index is -0.587. The van der Waals surface area contributed by atoms with Gasteiger partial charge in [0.2, 0.25) is 0 Å². The molecule has 0 atom stereocenters. The topological polar surface area (TPSA) is 113 Å². The Morgan fingerprint density at radius 3 is 2.36 bits per heavy atom. The Balaban J connectivity index is 0.000000792. The summed E-state index contributed by atoms with van der Waals surface area (Å²) in [6, 6.07) is 5.43. The highest BCUT2D eigenvalue weighted by Crippen LogP contribution is 2.24. The van der Waals surface area contributed by atoms with E-state index >= 15 is 0 Å². The minimum Gasteiger partial charge on any atom is -0.487 e. The van der Waals surface area contributed by atoms with Crippen molar-refractivity contribution in [2.24, 2.45) is 0 Å². The van der Waals surface area contributed by atoms with Gasteiger partial charge in [0.1, 0.15) is 24.7 Å². The summed E-state index contributed by atoms with van der Waals surface area (Å²) >= 11 is 0. The van der Waals surface area contributed by atoms with Crippen LogP contribution in [0.3, 0.4) is 0 Å². The fraction of sp³-hybridized carbons (Fsp3) is 0.444. The number of nitrogens with zero attached hydrogens (tertiary/aromatic N) is 2. The summed E-state index contributed by atoms with van der Waals surface area (Å²) in [5, 5.41) is 3.68. The Morgan fingerprint density at radius 1 is 1.14 bits per heavy atom. The molecule has 0 aliphatic carbocycles. The van der Waals surface area contributed by atoms with Gasteiger partial charge in [-0.25, -0.2) is 9.78 Å². The minimum absolute atomic E-state index is 0.273. The van der Waals surface area contributed by atoms with Crippen molar-refractivity contribution in [2.75, 3.05) is 21.3 Å². The van der Waals surface area contributed by atoms with E-state index in [4.69, 9.17) is 13.9 Å². The molecular formula is C27H41N3O6. The van der Waals surface area contributed by atoms with Crippen LogP contribution in [0.1, 0.15) is 58.1 Å². The van der Waals surface area contributed by atoms with Crippen LogP contribution in [0.5, 0.6) is 5.75 Å². The van der Waals surface area contributed by atoms with E-state index < -0.39 is 5.76 Å². The van der Waals surface area contributed by atoms with Crippen LogP contribution in [0.2, 0.25) is 0 Å². The fourth-order valence-electron chi connectivity index (χ4n) is 2.55. The Hall–Kier alpha value is -3.43. The molecule has 0 radical (unpaired) electrons. The average Bonchev–Trinajstić information content (AvgIpc) is 3.49. The van der Waals surface area contributed by atoms with Crippen molar-refractivity contribution < 1.29 is 23.2 Å². The van der Waals surface area contributed by atoms with Gasteiger partial charge in [0.15, 0.2) is 18.0 Å². The first-order valence-electron chi connectivity index (χ1n) is 11.8. The molecular weight excluding hydrogens is 462 g/mol. The number of oxazole rings is 1. The van der Waals surface area contributed by atoms with Gasteiger partial charge in [-0.1, -0.05) is 49.7 Å². The molecule has 0 saturated heterocycles. The molecule has 0 fully saturated rings. The normalized spacial score (nSPS) is 9.81. The largest absolute Gasteiger partial charge is 0.487 e. The molecule has 9 heteroatoms. The first-order chi connectivity index (χ1) is 17.4. The molecule has 2 aromatic heterocycles. The number of H-pyrrole nitrogens is 1. The highest BCUT2D eigenvalue weighted by Gasteiger charge is 2.11. The van der Waals surface area contributed by atoms with Crippen molar-refractivity contribution >= 4 is 0 Å². The predicted molar refractivity (Wildman–Crippen MR) is 142 cm³/mol. The number of rotatable bonds is 8. The quantitative estimate of drug-likeness (QED) is 0.358. The lowest BCUT2D eigenvalue weighted by molar-refractivity contribution is 0.161. The third-order valence-electron chi connectivity index (χ3n) is 4.07. The van der Waals surface area contributed by atoms with Crippen molar-refractivity contribution in [3.63, 3.8) is 0 Å². The number of allylic oxidation sites excluding steroid dienone is 4. The second-order valence-electron chi connectivity index (χ2n) is 7.35. The van der Waals surface area contributed by atoms with E-state index in [1.165, 1.54) is 12.0 Å². The van der Waals surface area contributed by atoms with Crippen LogP contribution in [-0.2, 0) is 22.7 Å². The van der Waals surface area contributed by atoms with E-state index in [1.807, 2.05) is 26.8 Å². The van der Waals surface area contributed by atoms with Gasteiger partial charge in [0, 0.05) is 26.9 Å². The monoisotopic (exact) mass is 503 g/mol. The summed E-state index contributed by atoms with van der Waals surface area (Å²) in [5.41, 5.74) is 3.71. The number of nitrogens with one attached hydrogen (secondary N) is 1. The van der Waals surface area contributed by atoms with Crippen LogP contribution in [0.4, 0.5) is 0 Å². The third-order valence-corrected chi connectivity index (χ3v) is 4.07. The van der Waals surface area contributed by atoms with Gasteiger partial charge in [0.05, 0.1) is 0 Å². The Kier molecular flexibility index (Phi) is 17.9. The molecule has 9 nitrogen and oxygen atoms in total. The molecule has 0 saturated carbocycles. The first kappa shape index (κ1) is 32.6. The zero-order chi connectivity index (χ0) is 27.3. The number of aromatic nitrogens is 3. The Labute approximate surface area is 214 Å². The van der Waals surface area contributed by atoms with Crippen molar-refractivity contribution in [3.8, 4) is 17.1 Å². The summed E-state index contributed by atoms with van der Waals surface area (Å²) in [6.07, 6.45) is 8.85. The zero-order valence-electron chi connectivity index (χ0n) is 23.0. The van der Waals surface area contributed by atoms with Gasteiger partial charge in [-0.15, -0.1) is 0 Å². The molecule has 2 heterocycles. The molecule has 3 rings (SSSR count). The summed E-state index contributed by atoms with van der Waals surface area (Å²) in [4.78, 5) is 17.6. The molecule has 0 bridgehead atoms. The Morgan fingerprint density at radius 2 is 1.83 bits per heavy atom. The zero-order valence-corrected chi connectivity index (χ0v) is 23.0. The van der Waals surface area contributed by atoms with Gasteiger partial charge in [-0.2, -0.15) is 0 Å². The lowest BCUT2D eigenvalue weighted by Crippen LogP contribution is -2.01. The van der Waals surface area contributed by atoms with Crippen molar-refractivity contribution in [1.29, 1.82) is 0 Å². The average molecular weight is 504 g/mol. The molecule has 0 aliphatic rings. The van der Waals surface area contributed by atoms with Crippen LogP contribution in [-0.4, -0.2) is 36.5 Å². The highest BCUT2D eigenvalue weighted by molar-refractivity contribution is 5.60. The summed E-state index contributed by atoms with van der Waals surface area (Å²) < 4.78 is 24.7. The van der Waals surface area contributed by atoms with Crippen LogP contribution in [0, 0.1) is 6.92 Å². The van der Waals surface area contributed by atoms with E-state index in [9.17, 15) is 4.79 Å². The fourth-order valence-corrected chi connectivity index (χ4v) is 2.55. The van der Waals surface area contributed by atoms with Gasteiger partial charge >= 0.3 is 5.76 Å². The van der Waals surface area contributed by atoms with Crippen LogP contribution < -0.4 is 10.5 Å². The molecule has 0 amide bonds. The second-order valence-corrected chi connectivity index (χ2v) is 7.35. The number of aryl methyl sites for hydroxylation is 1. The molecule has 200 valence electrons. The van der Waals surface area contributed by atoms with E-state index in [-0.39, 0.29) is 6.61 Å². The summed E-state index contributed by atoms with van der Waals surface area (Å²) in [7, 11) is 4.84. The van der Waals surface area contributed by atoms with Crippen molar-refractivity contribution in [3.05, 3.63) is 76.0 Å². The standard InChI is InChI=1S/C15H15N3O5.C8H14.C2H6O.C2H6/c1-9-5-10(3-4-11(9)14-17-15(19)23-18-14)21-6-12-13(7-20-2)22-8-16-12;1-4-5-6-7-8(2)3;1-3-2;1-2/h3-5,8H,6-7H2,1-2H3,(H,17,18,19);5-7H,4H2,1-3H3;1-2H3;1-2H3/b;6-5-;;. The smallest absolute Gasteiger partial charge is 0.439 e. The molecule has 36 heavy (non-hydrogen) atoms. The molecule has 1 N–H and O–H groups in total. The number of methoxy groups -OCH3 is 2. The number of ether oxygens (including phenoxy) is 3. The van der Waals surface area contributed by atoms with Crippen LogP contribution in [0.15, 0.2) is 62.1 Å². The number of aromatic amines is 1. The summed E-state index contributed by atoms with van der Waals surface area (Å²) in [5.74, 6) is 1.11. The summed E-state index contributed by atoms with van der Waals surface area (Å²) in [6.45, 7) is 12.8. The molecule has 0 unspecified atom stereocenters. The van der Waals surface area contributed by atoms with Gasteiger partial charge in [-0.05, 0) is 51.0 Å². The number of hydrogen-bond donors (Lipinski definition) is 1. The molecule has 0 spiro atoms. The Bertz CT molecular complexity index is 1080. The maximum atomic E-state index is 11.0. The molecule has 0 aliphatic heterocycles. The van der Waals surface area contributed by atoms with E-state index in [1.54, 1.807) is 33.5 Å². The third kappa shape index (κ3) is 12.9. The molecule has 3 aromatic rings. The second kappa shape index (κ2) is 19.8.